The molecule has 86 valence electrons. The normalized spacial score (nSPS) is 9.69. The van der Waals surface area contributed by atoms with Crippen molar-refractivity contribution < 1.29 is 14.3 Å². The van der Waals surface area contributed by atoms with E-state index in [1.807, 2.05) is 6.92 Å². The average molecular weight is 222 g/mol. The fraction of sp³-hybridized carbons (Fsp3) is 0.364. The van der Waals surface area contributed by atoms with Gasteiger partial charge in [-0.1, -0.05) is 0 Å². The summed E-state index contributed by atoms with van der Waals surface area (Å²) >= 11 is 0. The molecule has 0 aliphatic heterocycles. The summed E-state index contributed by atoms with van der Waals surface area (Å²) in [4.78, 5) is 28.1. The summed E-state index contributed by atoms with van der Waals surface area (Å²) in [6, 6.07) is 3.43. The second kappa shape index (κ2) is 5.25. The number of pyridine rings is 1. The number of aromatic nitrogens is 1. The van der Waals surface area contributed by atoms with Crippen LogP contribution in [0.15, 0.2) is 18.3 Å². The number of aryl methyl sites for hydroxylation is 1. The SMILES string of the molecule is COC(=O)CN(C)C(=O)c1ccc(C)nc1. The molecule has 16 heavy (non-hydrogen) atoms. The van der Waals surface area contributed by atoms with Crippen LogP contribution in [-0.2, 0) is 9.53 Å². The fourth-order valence-corrected chi connectivity index (χ4v) is 1.14. The quantitative estimate of drug-likeness (QED) is 0.704. The smallest absolute Gasteiger partial charge is 0.325 e. The van der Waals surface area contributed by atoms with Gasteiger partial charge in [0.05, 0.1) is 12.7 Å². The van der Waals surface area contributed by atoms with Crippen molar-refractivity contribution in [2.75, 3.05) is 20.7 Å². The van der Waals surface area contributed by atoms with Crippen LogP contribution in [-0.4, -0.2) is 42.5 Å². The first-order valence-electron chi connectivity index (χ1n) is 4.79. The van der Waals surface area contributed by atoms with E-state index in [0.29, 0.717) is 5.56 Å². The van der Waals surface area contributed by atoms with Gasteiger partial charge in [0.15, 0.2) is 0 Å². The zero-order chi connectivity index (χ0) is 12.1. The third-order valence-corrected chi connectivity index (χ3v) is 2.10. The molecule has 0 bridgehead atoms. The summed E-state index contributed by atoms with van der Waals surface area (Å²) in [6.45, 7) is 1.77. The van der Waals surface area contributed by atoms with Gasteiger partial charge in [-0.3, -0.25) is 14.6 Å². The summed E-state index contributed by atoms with van der Waals surface area (Å²) in [5, 5.41) is 0. The second-order valence-corrected chi connectivity index (χ2v) is 3.43. The number of likely N-dealkylation sites (N-methyl/N-ethyl adjacent to an activating group) is 1. The van der Waals surface area contributed by atoms with Gasteiger partial charge in [0.25, 0.3) is 5.91 Å². The van der Waals surface area contributed by atoms with Crippen LogP contribution >= 0.6 is 0 Å². The predicted octanol–water partition coefficient (Wildman–Crippen LogP) is 0.635. The van der Waals surface area contributed by atoms with E-state index >= 15 is 0 Å². The Morgan fingerprint density at radius 1 is 1.44 bits per heavy atom. The minimum Gasteiger partial charge on any atom is -0.468 e. The third kappa shape index (κ3) is 3.05. The highest BCUT2D eigenvalue weighted by Gasteiger charge is 2.14. The summed E-state index contributed by atoms with van der Waals surface area (Å²) in [7, 11) is 2.83. The van der Waals surface area contributed by atoms with E-state index in [1.54, 1.807) is 19.2 Å². The van der Waals surface area contributed by atoms with Gasteiger partial charge in [-0.15, -0.1) is 0 Å². The van der Waals surface area contributed by atoms with Crippen molar-refractivity contribution in [3.05, 3.63) is 29.6 Å². The average Bonchev–Trinajstić information content (AvgIpc) is 2.28. The summed E-state index contributed by atoms with van der Waals surface area (Å²) in [5.41, 5.74) is 1.30. The molecule has 0 saturated carbocycles. The van der Waals surface area contributed by atoms with Crippen LogP contribution in [0.25, 0.3) is 0 Å². The van der Waals surface area contributed by atoms with Crippen molar-refractivity contribution >= 4 is 11.9 Å². The first kappa shape index (κ1) is 12.2. The molecule has 0 aliphatic rings. The Labute approximate surface area is 94.0 Å². The highest BCUT2D eigenvalue weighted by Crippen LogP contribution is 2.03. The molecule has 1 rings (SSSR count). The van der Waals surface area contributed by atoms with E-state index in [9.17, 15) is 9.59 Å². The lowest BCUT2D eigenvalue weighted by molar-refractivity contribution is -0.141. The lowest BCUT2D eigenvalue weighted by Crippen LogP contribution is -2.32. The van der Waals surface area contributed by atoms with Crippen molar-refractivity contribution in [1.82, 2.24) is 9.88 Å². The van der Waals surface area contributed by atoms with Crippen LogP contribution in [0.5, 0.6) is 0 Å². The number of carbonyl (C=O) groups is 2. The predicted molar refractivity (Wildman–Crippen MR) is 58.0 cm³/mol. The highest BCUT2D eigenvalue weighted by atomic mass is 16.5. The van der Waals surface area contributed by atoms with E-state index in [-0.39, 0.29) is 12.5 Å². The lowest BCUT2D eigenvalue weighted by Gasteiger charge is -2.15. The van der Waals surface area contributed by atoms with Gasteiger partial charge in [-0.25, -0.2) is 0 Å². The number of nitrogens with zero attached hydrogens (tertiary/aromatic N) is 2. The van der Waals surface area contributed by atoms with E-state index in [0.717, 1.165) is 5.69 Å². The maximum Gasteiger partial charge on any atom is 0.325 e. The molecule has 5 heteroatoms. The molecule has 0 unspecified atom stereocenters. The molecule has 0 saturated heterocycles. The Morgan fingerprint density at radius 3 is 2.62 bits per heavy atom. The zero-order valence-electron chi connectivity index (χ0n) is 9.56. The van der Waals surface area contributed by atoms with E-state index in [4.69, 9.17) is 0 Å². The number of esters is 1. The van der Waals surface area contributed by atoms with Crippen LogP contribution in [0, 0.1) is 6.92 Å². The number of ether oxygens (including phenoxy) is 1. The molecule has 1 heterocycles. The Morgan fingerprint density at radius 2 is 2.12 bits per heavy atom. The van der Waals surface area contributed by atoms with Crippen molar-refractivity contribution in [3.63, 3.8) is 0 Å². The second-order valence-electron chi connectivity index (χ2n) is 3.43. The van der Waals surface area contributed by atoms with Gasteiger partial charge in [-0.05, 0) is 19.1 Å². The fourth-order valence-electron chi connectivity index (χ4n) is 1.14. The first-order valence-corrected chi connectivity index (χ1v) is 4.79. The van der Waals surface area contributed by atoms with Crippen molar-refractivity contribution in [2.24, 2.45) is 0 Å². The largest absolute Gasteiger partial charge is 0.468 e. The summed E-state index contributed by atoms with van der Waals surface area (Å²) < 4.78 is 4.48. The zero-order valence-corrected chi connectivity index (χ0v) is 9.56. The maximum atomic E-state index is 11.8. The molecule has 0 atom stereocenters. The van der Waals surface area contributed by atoms with E-state index in [2.05, 4.69) is 9.72 Å². The molecule has 0 fully saturated rings. The number of hydrogen-bond acceptors (Lipinski definition) is 4. The number of rotatable bonds is 3. The van der Waals surface area contributed by atoms with Crippen LogP contribution < -0.4 is 0 Å². The van der Waals surface area contributed by atoms with Gasteiger partial charge in [0.1, 0.15) is 6.54 Å². The molecule has 0 spiro atoms. The van der Waals surface area contributed by atoms with Gasteiger partial charge in [-0.2, -0.15) is 0 Å². The lowest BCUT2D eigenvalue weighted by atomic mass is 10.2. The Kier molecular flexibility index (Phi) is 3.99. The van der Waals surface area contributed by atoms with Crippen LogP contribution in [0.1, 0.15) is 16.1 Å². The molecule has 1 amide bonds. The van der Waals surface area contributed by atoms with Crippen molar-refractivity contribution in [3.8, 4) is 0 Å². The Hall–Kier alpha value is -1.91. The molecular formula is C11H14N2O3. The number of amides is 1. The topological polar surface area (TPSA) is 59.5 Å². The third-order valence-electron chi connectivity index (χ3n) is 2.10. The minimum atomic E-state index is -0.448. The monoisotopic (exact) mass is 222 g/mol. The summed E-state index contributed by atoms with van der Waals surface area (Å²) in [5.74, 6) is -0.700. The molecule has 5 nitrogen and oxygen atoms in total. The van der Waals surface area contributed by atoms with E-state index in [1.165, 1.54) is 18.2 Å². The van der Waals surface area contributed by atoms with Gasteiger partial charge in [0, 0.05) is 18.9 Å². The van der Waals surface area contributed by atoms with Crippen molar-refractivity contribution in [1.29, 1.82) is 0 Å². The Balaban J connectivity index is 2.70. The molecular weight excluding hydrogens is 208 g/mol. The number of hydrogen-bond donors (Lipinski definition) is 0. The molecule has 0 aliphatic carbocycles. The molecule has 0 N–H and O–H groups in total. The molecule has 0 radical (unpaired) electrons. The van der Waals surface area contributed by atoms with Crippen LogP contribution in [0.3, 0.4) is 0 Å². The number of methoxy groups -OCH3 is 1. The Bertz CT molecular complexity index is 387. The van der Waals surface area contributed by atoms with Gasteiger partial charge >= 0.3 is 5.97 Å². The van der Waals surface area contributed by atoms with Crippen molar-refractivity contribution in [2.45, 2.75) is 6.92 Å². The minimum absolute atomic E-state index is 0.0663. The highest BCUT2D eigenvalue weighted by molar-refractivity contribution is 5.95. The van der Waals surface area contributed by atoms with Crippen LogP contribution in [0.2, 0.25) is 0 Å². The molecule has 1 aromatic heterocycles. The van der Waals surface area contributed by atoms with Gasteiger partial charge in [0.2, 0.25) is 0 Å². The molecule has 1 aromatic rings. The summed E-state index contributed by atoms with van der Waals surface area (Å²) in [6.07, 6.45) is 1.49. The number of carbonyl (C=O) groups excluding carboxylic acids is 2. The maximum absolute atomic E-state index is 11.8. The van der Waals surface area contributed by atoms with Crippen LogP contribution in [0.4, 0.5) is 0 Å². The first-order chi connectivity index (χ1) is 7.54. The standard InChI is InChI=1S/C11H14N2O3/c1-8-4-5-9(6-12-8)11(15)13(2)7-10(14)16-3/h4-6H,7H2,1-3H3. The van der Waals surface area contributed by atoms with E-state index < -0.39 is 5.97 Å². The van der Waals surface area contributed by atoms with Gasteiger partial charge < -0.3 is 9.64 Å². The molecule has 0 aromatic carbocycles.